The monoisotopic (exact) mass is 524 g/mol. The molecular weight excluding hydrogens is 505 g/mol. The van der Waals surface area contributed by atoms with Crippen LogP contribution in [0, 0.1) is 5.53 Å². The van der Waals surface area contributed by atoms with E-state index < -0.39 is 54.6 Å². The summed E-state index contributed by atoms with van der Waals surface area (Å²) in [4.78, 5) is 44.2. The van der Waals surface area contributed by atoms with Crippen molar-refractivity contribution in [2.75, 3.05) is 24.3 Å². The van der Waals surface area contributed by atoms with Gasteiger partial charge in [-0.1, -0.05) is 0 Å². The molecule has 2 rings (SSSR count). The minimum Gasteiger partial charge on any atom is -0.387 e. The molecule has 0 aromatic carbocycles. The van der Waals surface area contributed by atoms with Crippen molar-refractivity contribution in [2.45, 2.75) is 24.5 Å². The van der Waals surface area contributed by atoms with Crippen LogP contribution in [-0.2, 0) is 31.6 Å². The van der Waals surface area contributed by atoms with E-state index in [4.69, 9.17) is 30.7 Å². The second-order valence-electron chi connectivity index (χ2n) is 6.09. The molecule has 1 fully saturated rings. The minimum atomic E-state index is -5.72. The number of phosphoric ester groups is 1. The number of nitrogens with one attached hydrogen (secondary N) is 1. The average molecular weight is 524 g/mol. The smallest absolute Gasteiger partial charge is 0.387 e. The number of likely N-dealkylation sites (N-methyl/N-ethyl adjacent to an activating group) is 1. The Labute approximate surface area is 178 Å². The topological polar surface area (TPSA) is 301 Å². The van der Waals surface area contributed by atoms with Crippen LogP contribution < -0.4 is 10.6 Å². The van der Waals surface area contributed by atoms with E-state index in [1.165, 1.54) is 7.05 Å². The van der Waals surface area contributed by atoms with Crippen molar-refractivity contribution in [3.05, 3.63) is 6.33 Å². The van der Waals surface area contributed by atoms with Gasteiger partial charge in [-0.2, -0.15) is 13.7 Å². The number of hydrogen-bond donors (Lipinski definition) is 8. The number of aliphatic hydroxyl groups excluding tert-OH is 2. The molecule has 0 spiro atoms. The summed E-state index contributed by atoms with van der Waals surface area (Å²) in [6.07, 6.45) is -5.18. The highest BCUT2D eigenvalue weighted by atomic mass is 31.3. The van der Waals surface area contributed by atoms with Gasteiger partial charge in [-0.15, -0.1) is 0 Å². The first-order chi connectivity index (χ1) is 14.6. The molecule has 0 radical (unpaired) electrons. The van der Waals surface area contributed by atoms with Gasteiger partial charge in [0.2, 0.25) is 0 Å². The van der Waals surface area contributed by atoms with Crippen LogP contribution in [0.25, 0.3) is 0 Å². The SMILES string of the molecule is CN(c1ncnc(N)c1N=N)C1OC(COP(=O)(O)OP(=O)(O)OP(=O)(O)O)C(O)C1O. The van der Waals surface area contributed by atoms with Crippen LogP contribution in [0.5, 0.6) is 0 Å². The molecule has 6 unspecified atom stereocenters. The molecule has 22 heteroatoms. The van der Waals surface area contributed by atoms with Crippen molar-refractivity contribution in [3.8, 4) is 0 Å². The standard InChI is InChI=1S/C10H19N6O13P3/c1-16(9-5(15-12)8(11)13-3-14-9)10-7(18)6(17)4(27-10)2-26-31(22,23)29-32(24,25)28-30(19,20)21/h3-4,6-7,10,12,17-18H,2H2,1H3,(H,22,23)(H,24,25)(H2,11,13,14)(H2,19,20,21). The maximum atomic E-state index is 11.8. The Morgan fingerprint density at radius 2 is 1.78 bits per heavy atom. The Morgan fingerprint density at radius 3 is 2.34 bits per heavy atom. The van der Waals surface area contributed by atoms with E-state index in [0.29, 0.717) is 0 Å². The van der Waals surface area contributed by atoms with Gasteiger partial charge in [0.1, 0.15) is 24.6 Å². The molecular formula is C10H19N6O13P3. The first-order valence-corrected chi connectivity index (χ1v) is 12.6. The van der Waals surface area contributed by atoms with E-state index >= 15 is 0 Å². The van der Waals surface area contributed by atoms with Crippen LogP contribution >= 0.6 is 23.5 Å². The van der Waals surface area contributed by atoms with Crippen molar-refractivity contribution in [1.82, 2.24) is 9.97 Å². The summed E-state index contributed by atoms with van der Waals surface area (Å²) in [6.45, 7) is -0.992. The van der Waals surface area contributed by atoms with Crippen LogP contribution in [-0.4, -0.2) is 77.9 Å². The Morgan fingerprint density at radius 1 is 1.16 bits per heavy atom. The lowest BCUT2D eigenvalue weighted by atomic mass is 10.1. The molecule has 1 saturated heterocycles. The summed E-state index contributed by atoms with van der Waals surface area (Å²) in [5.41, 5.74) is 12.6. The van der Waals surface area contributed by atoms with E-state index in [9.17, 15) is 28.8 Å². The molecule has 1 aliphatic rings. The Kier molecular flexibility index (Phi) is 8.23. The van der Waals surface area contributed by atoms with Gasteiger partial charge < -0.3 is 45.2 Å². The fourth-order valence-electron chi connectivity index (χ4n) is 2.53. The second-order valence-corrected chi connectivity index (χ2v) is 10.5. The number of aliphatic hydroxyl groups is 2. The number of rotatable bonds is 10. The number of nitrogen functional groups attached to an aromatic ring is 1. The van der Waals surface area contributed by atoms with Gasteiger partial charge in [-0.05, 0) is 0 Å². The third kappa shape index (κ3) is 6.79. The predicted molar refractivity (Wildman–Crippen MR) is 100 cm³/mol. The van der Waals surface area contributed by atoms with Crippen molar-refractivity contribution in [3.63, 3.8) is 0 Å². The van der Waals surface area contributed by atoms with Gasteiger partial charge >= 0.3 is 23.5 Å². The zero-order valence-electron chi connectivity index (χ0n) is 15.8. The summed E-state index contributed by atoms with van der Waals surface area (Å²) in [5, 5.41) is 23.6. The molecule has 0 saturated carbocycles. The van der Waals surface area contributed by atoms with Gasteiger partial charge in [-0.25, -0.2) is 29.2 Å². The minimum absolute atomic E-state index is 0.0581. The molecule has 0 bridgehead atoms. The van der Waals surface area contributed by atoms with E-state index in [1.54, 1.807) is 0 Å². The summed E-state index contributed by atoms with van der Waals surface area (Å²) in [5.74, 6) is -0.216. The molecule has 19 nitrogen and oxygen atoms in total. The third-order valence-electron chi connectivity index (χ3n) is 3.81. The lowest BCUT2D eigenvalue weighted by molar-refractivity contribution is -0.0209. The van der Waals surface area contributed by atoms with E-state index in [2.05, 4.69) is 28.2 Å². The van der Waals surface area contributed by atoms with E-state index in [1.807, 2.05) is 0 Å². The number of phosphoric acid groups is 3. The average Bonchev–Trinajstić information content (AvgIpc) is 2.91. The van der Waals surface area contributed by atoms with Crippen molar-refractivity contribution < 1.29 is 61.4 Å². The highest BCUT2D eigenvalue weighted by molar-refractivity contribution is 7.66. The van der Waals surface area contributed by atoms with E-state index in [-0.39, 0.29) is 17.3 Å². The van der Waals surface area contributed by atoms with Gasteiger partial charge in [0, 0.05) is 7.05 Å². The molecule has 9 N–H and O–H groups in total. The molecule has 1 aliphatic heterocycles. The Bertz CT molecular complexity index is 991. The van der Waals surface area contributed by atoms with E-state index in [0.717, 1.165) is 11.2 Å². The lowest BCUT2D eigenvalue weighted by Crippen LogP contribution is -2.42. The number of aromatic nitrogens is 2. The maximum absolute atomic E-state index is 11.8. The highest BCUT2D eigenvalue weighted by Crippen LogP contribution is 2.66. The third-order valence-corrected chi connectivity index (χ3v) is 7.62. The van der Waals surface area contributed by atoms with Crippen molar-refractivity contribution in [1.29, 1.82) is 5.53 Å². The summed E-state index contributed by atoms with van der Waals surface area (Å²) >= 11 is 0. The highest BCUT2D eigenvalue weighted by Gasteiger charge is 2.47. The first kappa shape index (κ1) is 26.8. The largest absolute Gasteiger partial charge is 0.490 e. The molecule has 1 aromatic rings. The maximum Gasteiger partial charge on any atom is 0.490 e. The molecule has 2 heterocycles. The number of nitrogens with zero attached hydrogens (tertiary/aromatic N) is 4. The van der Waals surface area contributed by atoms with Crippen LogP contribution in [0.15, 0.2) is 11.4 Å². The van der Waals surface area contributed by atoms with Crippen LogP contribution in [0.2, 0.25) is 0 Å². The fourth-order valence-corrected chi connectivity index (χ4v) is 5.56. The molecule has 32 heavy (non-hydrogen) atoms. The molecule has 0 amide bonds. The van der Waals surface area contributed by atoms with Crippen LogP contribution in [0.3, 0.4) is 0 Å². The van der Waals surface area contributed by atoms with Gasteiger partial charge in [-0.3, -0.25) is 4.52 Å². The quantitative estimate of drug-likeness (QED) is 0.134. The lowest BCUT2D eigenvalue weighted by Gasteiger charge is -2.28. The van der Waals surface area contributed by atoms with Crippen molar-refractivity contribution in [2.24, 2.45) is 5.11 Å². The number of ether oxygens (including phenoxy) is 1. The summed E-state index contributed by atoms with van der Waals surface area (Å²) < 4.78 is 50.6. The number of hydrogen-bond acceptors (Lipinski definition) is 15. The summed E-state index contributed by atoms with van der Waals surface area (Å²) in [7, 11) is -15.4. The fraction of sp³-hybridized carbons (Fsp3) is 0.600. The normalized spacial score (nSPS) is 27.5. The Balaban J connectivity index is 2.08. The molecule has 1 aromatic heterocycles. The van der Waals surface area contributed by atoms with Crippen molar-refractivity contribution >= 4 is 40.8 Å². The molecule has 0 aliphatic carbocycles. The van der Waals surface area contributed by atoms with Gasteiger partial charge in [0.25, 0.3) is 0 Å². The number of nitrogens with two attached hydrogens (primary N) is 1. The zero-order chi connectivity index (χ0) is 24.5. The summed E-state index contributed by atoms with van der Waals surface area (Å²) in [6, 6.07) is 0. The predicted octanol–water partition coefficient (Wildman–Crippen LogP) is -1.05. The van der Waals surface area contributed by atoms with Gasteiger partial charge in [0.15, 0.2) is 23.6 Å². The first-order valence-electron chi connectivity index (χ1n) is 8.07. The van der Waals surface area contributed by atoms with Gasteiger partial charge in [0.05, 0.1) is 6.61 Å². The second kappa shape index (κ2) is 9.82. The van der Waals surface area contributed by atoms with Crippen LogP contribution in [0.1, 0.15) is 0 Å². The zero-order valence-corrected chi connectivity index (χ0v) is 18.5. The Hall–Kier alpha value is -1.43. The number of anilines is 2. The molecule has 6 atom stereocenters. The molecule has 182 valence electrons. The van der Waals surface area contributed by atoms with Crippen LogP contribution in [0.4, 0.5) is 17.3 Å².